The molecular weight excluding hydrogens is 164 g/mol. The summed E-state index contributed by atoms with van der Waals surface area (Å²) in [5.41, 5.74) is 0. The molecule has 4 nitrogen and oxygen atoms in total. The van der Waals surface area contributed by atoms with Gasteiger partial charge in [0.05, 0.1) is 5.25 Å². The molecule has 11 heavy (non-hydrogen) atoms. The SMILES string of the molecule is CNC(=O)CS(=O)C1CNC1. The Labute approximate surface area is 68.2 Å². The van der Waals surface area contributed by atoms with E-state index < -0.39 is 10.8 Å². The number of nitrogens with one attached hydrogen (secondary N) is 2. The molecule has 0 saturated carbocycles. The van der Waals surface area contributed by atoms with Crippen LogP contribution in [0.3, 0.4) is 0 Å². The Hall–Kier alpha value is -0.420. The van der Waals surface area contributed by atoms with Crippen LogP contribution in [0.5, 0.6) is 0 Å². The van der Waals surface area contributed by atoms with E-state index in [1.807, 2.05) is 0 Å². The predicted molar refractivity (Wildman–Crippen MR) is 43.7 cm³/mol. The molecule has 0 spiro atoms. The van der Waals surface area contributed by atoms with Crippen LogP contribution in [0, 0.1) is 0 Å². The lowest BCUT2D eigenvalue weighted by atomic mass is 10.3. The van der Waals surface area contributed by atoms with Crippen molar-refractivity contribution in [1.29, 1.82) is 0 Å². The third-order valence-electron chi connectivity index (χ3n) is 1.67. The van der Waals surface area contributed by atoms with Crippen molar-refractivity contribution < 1.29 is 9.00 Å². The molecule has 0 bridgehead atoms. The smallest absolute Gasteiger partial charge is 0.232 e. The van der Waals surface area contributed by atoms with Crippen LogP contribution in [0.15, 0.2) is 0 Å². The highest BCUT2D eigenvalue weighted by Gasteiger charge is 2.24. The third-order valence-corrected chi connectivity index (χ3v) is 3.29. The molecule has 1 unspecified atom stereocenters. The van der Waals surface area contributed by atoms with Gasteiger partial charge >= 0.3 is 0 Å². The zero-order chi connectivity index (χ0) is 8.27. The third kappa shape index (κ3) is 2.27. The first-order valence-electron chi connectivity index (χ1n) is 3.52. The highest BCUT2D eigenvalue weighted by molar-refractivity contribution is 7.86. The van der Waals surface area contributed by atoms with Gasteiger partial charge in [-0.15, -0.1) is 0 Å². The molecule has 1 amide bonds. The number of carbonyl (C=O) groups is 1. The molecule has 1 heterocycles. The summed E-state index contributed by atoms with van der Waals surface area (Å²) in [7, 11) is 0.572. The Bertz CT molecular complexity index is 179. The number of amides is 1. The summed E-state index contributed by atoms with van der Waals surface area (Å²) in [6.45, 7) is 1.56. The van der Waals surface area contributed by atoms with Crippen molar-refractivity contribution >= 4 is 16.7 Å². The molecule has 1 aliphatic heterocycles. The zero-order valence-electron chi connectivity index (χ0n) is 6.42. The van der Waals surface area contributed by atoms with Crippen molar-refractivity contribution in [3.8, 4) is 0 Å². The van der Waals surface area contributed by atoms with Gasteiger partial charge in [0.25, 0.3) is 0 Å². The Kier molecular flexibility index (Phi) is 3.02. The largest absolute Gasteiger partial charge is 0.358 e. The van der Waals surface area contributed by atoms with E-state index >= 15 is 0 Å². The first-order chi connectivity index (χ1) is 5.24. The molecule has 1 atom stereocenters. The number of hydrogen-bond donors (Lipinski definition) is 2. The fourth-order valence-electron chi connectivity index (χ4n) is 0.767. The van der Waals surface area contributed by atoms with Crippen LogP contribution in [0.1, 0.15) is 0 Å². The topological polar surface area (TPSA) is 58.2 Å². The summed E-state index contributed by atoms with van der Waals surface area (Å²) >= 11 is 0. The minimum absolute atomic E-state index is 0.142. The van der Waals surface area contributed by atoms with Crippen molar-refractivity contribution in [3.05, 3.63) is 0 Å². The lowest BCUT2D eigenvalue weighted by Crippen LogP contribution is -2.50. The molecule has 2 N–H and O–H groups in total. The van der Waals surface area contributed by atoms with Gasteiger partial charge < -0.3 is 10.6 Å². The van der Waals surface area contributed by atoms with Gasteiger partial charge in [0.2, 0.25) is 5.91 Å². The van der Waals surface area contributed by atoms with Crippen molar-refractivity contribution in [1.82, 2.24) is 10.6 Å². The molecule has 0 aromatic rings. The molecule has 0 aliphatic carbocycles. The summed E-state index contributed by atoms with van der Waals surface area (Å²) in [6.07, 6.45) is 0. The first-order valence-corrected chi connectivity index (χ1v) is 4.90. The van der Waals surface area contributed by atoms with Gasteiger partial charge in [0.1, 0.15) is 5.75 Å². The molecule has 64 valence electrons. The highest BCUT2D eigenvalue weighted by Crippen LogP contribution is 2.01. The molecule has 1 aliphatic rings. The predicted octanol–water partition coefficient (Wildman–Crippen LogP) is -1.55. The lowest BCUT2D eigenvalue weighted by molar-refractivity contribution is -0.118. The molecule has 1 saturated heterocycles. The molecule has 0 radical (unpaired) electrons. The lowest BCUT2D eigenvalue weighted by Gasteiger charge is -2.25. The molecule has 1 rings (SSSR count). The van der Waals surface area contributed by atoms with E-state index in [1.54, 1.807) is 7.05 Å². The van der Waals surface area contributed by atoms with Gasteiger partial charge in [-0.25, -0.2) is 0 Å². The first kappa shape index (κ1) is 8.67. The van der Waals surface area contributed by atoms with Gasteiger partial charge in [-0.3, -0.25) is 9.00 Å². The van der Waals surface area contributed by atoms with Crippen LogP contribution >= 0.6 is 0 Å². The Morgan fingerprint density at radius 3 is 2.73 bits per heavy atom. The molecular formula is C6H12N2O2S. The summed E-state index contributed by atoms with van der Waals surface area (Å²) in [5, 5.41) is 5.64. The normalized spacial score (nSPS) is 20.5. The van der Waals surface area contributed by atoms with Crippen LogP contribution in [-0.4, -0.2) is 41.3 Å². The second-order valence-electron chi connectivity index (χ2n) is 2.48. The maximum atomic E-state index is 11.2. The standard InChI is InChI=1S/C6H12N2O2S/c1-7-6(9)4-11(10)5-2-8-3-5/h5,8H,2-4H2,1H3,(H,7,9). The highest BCUT2D eigenvalue weighted by atomic mass is 32.2. The fraction of sp³-hybridized carbons (Fsp3) is 0.833. The van der Waals surface area contributed by atoms with E-state index in [2.05, 4.69) is 10.6 Å². The molecule has 0 aromatic carbocycles. The zero-order valence-corrected chi connectivity index (χ0v) is 7.24. The summed E-state index contributed by atoms with van der Waals surface area (Å²) in [6, 6.07) is 0. The van der Waals surface area contributed by atoms with E-state index in [-0.39, 0.29) is 16.9 Å². The van der Waals surface area contributed by atoms with Crippen LogP contribution in [0.2, 0.25) is 0 Å². The van der Waals surface area contributed by atoms with Crippen molar-refractivity contribution in [2.45, 2.75) is 5.25 Å². The molecule has 0 aromatic heterocycles. The van der Waals surface area contributed by atoms with Gasteiger partial charge in [-0.1, -0.05) is 0 Å². The van der Waals surface area contributed by atoms with E-state index in [9.17, 15) is 9.00 Å². The Morgan fingerprint density at radius 2 is 2.36 bits per heavy atom. The monoisotopic (exact) mass is 176 g/mol. The van der Waals surface area contributed by atoms with E-state index in [1.165, 1.54) is 0 Å². The van der Waals surface area contributed by atoms with Crippen molar-refractivity contribution in [2.24, 2.45) is 0 Å². The maximum Gasteiger partial charge on any atom is 0.232 e. The summed E-state index contributed by atoms with van der Waals surface area (Å²) in [5.74, 6) is -0.00159. The van der Waals surface area contributed by atoms with E-state index in [0.29, 0.717) is 0 Å². The van der Waals surface area contributed by atoms with Crippen molar-refractivity contribution in [3.63, 3.8) is 0 Å². The van der Waals surface area contributed by atoms with Crippen LogP contribution in [0.25, 0.3) is 0 Å². The van der Waals surface area contributed by atoms with E-state index in [4.69, 9.17) is 0 Å². The Balaban J connectivity index is 2.25. The van der Waals surface area contributed by atoms with E-state index in [0.717, 1.165) is 13.1 Å². The minimum atomic E-state index is -0.983. The van der Waals surface area contributed by atoms with Gasteiger partial charge in [0, 0.05) is 30.9 Å². The molecule has 1 fully saturated rings. The fourth-order valence-corrected chi connectivity index (χ4v) is 2.01. The van der Waals surface area contributed by atoms with Gasteiger partial charge in [-0.2, -0.15) is 0 Å². The summed E-state index contributed by atoms with van der Waals surface area (Å²) < 4.78 is 11.2. The Morgan fingerprint density at radius 1 is 1.73 bits per heavy atom. The van der Waals surface area contributed by atoms with Gasteiger partial charge in [-0.05, 0) is 0 Å². The molecule has 5 heteroatoms. The van der Waals surface area contributed by atoms with Crippen LogP contribution in [0.4, 0.5) is 0 Å². The second kappa shape index (κ2) is 3.82. The van der Waals surface area contributed by atoms with Crippen LogP contribution < -0.4 is 10.6 Å². The minimum Gasteiger partial charge on any atom is -0.358 e. The summed E-state index contributed by atoms with van der Waals surface area (Å²) in [4.78, 5) is 10.7. The number of hydrogen-bond acceptors (Lipinski definition) is 3. The number of carbonyl (C=O) groups excluding carboxylic acids is 1. The average molecular weight is 176 g/mol. The maximum absolute atomic E-state index is 11.2. The van der Waals surface area contributed by atoms with Crippen LogP contribution in [-0.2, 0) is 15.6 Å². The average Bonchev–Trinajstić information content (AvgIpc) is 1.83. The quantitative estimate of drug-likeness (QED) is 0.547. The van der Waals surface area contributed by atoms with Crippen molar-refractivity contribution in [2.75, 3.05) is 25.9 Å². The van der Waals surface area contributed by atoms with Gasteiger partial charge in [0.15, 0.2) is 0 Å². The number of rotatable bonds is 3. The second-order valence-corrected chi connectivity index (χ2v) is 4.20.